The molecular weight excluding hydrogens is 210 g/mol. The molecule has 0 aliphatic heterocycles. The molecule has 1 aromatic rings. The van der Waals surface area contributed by atoms with Crippen LogP contribution >= 0.6 is 0 Å². The molecule has 0 heterocycles. The Morgan fingerprint density at radius 1 is 1.24 bits per heavy atom. The molecule has 2 heteroatoms. The number of fused-ring (bicyclic) bond motifs is 1. The van der Waals surface area contributed by atoms with E-state index < -0.39 is 0 Å². The van der Waals surface area contributed by atoms with Gasteiger partial charge in [0.05, 0.1) is 0 Å². The molecule has 2 rings (SSSR count). The smallest absolute Gasteiger partial charge is 0.122 e. The fraction of sp³-hybridized carbons (Fsp3) is 0.600. The second kappa shape index (κ2) is 6.06. The van der Waals surface area contributed by atoms with Gasteiger partial charge in [-0.15, -0.1) is 0 Å². The van der Waals surface area contributed by atoms with E-state index >= 15 is 0 Å². The van der Waals surface area contributed by atoms with E-state index in [9.17, 15) is 0 Å². The Kier molecular flexibility index (Phi) is 4.43. The third-order valence-corrected chi connectivity index (χ3v) is 3.27. The number of hydrogen-bond donors (Lipinski definition) is 1. The van der Waals surface area contributed by atoms with Gasteiger partial charge < -0.3 is 10.1 Å². The van der Waals surface area contributed by atoms with Crippen molar-refractivity contribution in [3.8, 4) is 5.75 Å². The van der Waals surface area contributed by atoms with Crippen LogP contribution in [0.2, 0.25) is 0 Å². The molecule has 0 radical (unpaired) electrons. The third-order valence-electron chi connectivity index (χ3n) is 3.27. The van der Waals surface area contributed by atoms with Crippen LogP contribution in [-0.2, 0) is 12.8 Å². The predicted octanol–water partition coefficient (Wildman–Crippen LogP) is 2.94. The van der Waals surface area contributed by atoms with Crippen LogP contribution in [0.1, 0.15) is 37.8 Å². The van der Waals surface area contributed by atoms with Crippen molar-refractivity contribution in [2.75, 3.05) is 13.2 Å². The fourth-order valence-corrected chi connectivity index (χ4v) is 2.39. The minimum Gasteiger partial charge on any atom is -0.492 e. The summed E-state index contributed by atoms with van der Waals surface area (Å²) in [6.45, 7) is 5.99. The standard InChI is InChI=1S/C15H23NO/c1-12(2)16-10-11-17-15-9-5-7-13-6-3-4-8-14(13)15/h5,7,9,12,16H,3-4,6,8,10-11H2,1-2H3. The highest BCUT2D eigenvalue weighted by Crippen LogP contribution is 2.29. The maximum absolute atomic E-state index is 5.89. The summed E-state index contributed by atoms with van der Waals surface area (Å²) < 4.78 is 5.89. The van der Waals surface area contributed by atoms with E-state index in [1.807, 2.05) is 0 Å². The lowest BCUT2D eigenvalue weighted by molar-refractivity contribution is 0.304. The van der Waals surface area contributed by atoms with Crippen LogP contribution in [-0.4, -0.2) is 19.2 Å². The number of ether oxygens (including phenoxy) is 1. The van der Waals surface area contributed by atoms with Crippen LogP contribution in [0, 0.1) is 0 Å². The lowest BCUT2D eigenvalue weighted by Gasteiger charge is -2.19. The topological polar surface area (TPSA) is 21.3 Å². The normalized spacial score (nSPS) is 14.8. The van der Waals surface area contributed by atoms with Crippen molar-refractivity contribution in [3.05, 3.63) is 29.3 Å². The summed E-state index contributed by atoms with van der Waals surface area (Å²) in [4.78, 5) is 0. The van der Waals surface area contributed by atoms with Gasteiger partial charge in [-0.05, 0) is 42.9 Å². The van der Waals surface area contributed by atoms with Gasteiger partial charge in [0.2, 0.25) is 0 Å². The average Bonchev–Trinajstić information content (AvgIpc) is 2.34. The molecule has 0 aromatic heterocycles. The first kappa shape index (κ1) is 12.4. The van der Waals surface area contributed by atoms with Crippen LogP contribution in [0.4, 0.5) is 0 Å². The molecule has 0 amide bonds. The third kappa shape index (κ3) is 3.47. The van der Waals surface area contributed by atoms with Crippen molar-refractivity contribution in [2.24, 2.45) is 0 Å². The van der Waals surface area contributed by atoms with Crippen LogP contribution in [0.5, 0.6) is 5.75 Å². The Hall–Kier alpha value is -1.02. The Labute approximate surface area is 104 Å². The molecule has 2 nitrogen and oxygen atoms in total. The van der Waals surface area contributed by atoms with Crippen molar-refractivity contribution in [2.45, 2.75) is 45.6 Å². The zero-order chi connectivity index (χ0) is 12.1. The molecule has 0 saturated carbocycles. The zero-order valence-electron chi connectivity index (χ0n) is 11.0. The van der Waals surface area contributed by atoms with E-state index in [2.05, 4.69) is 37.4 Å². The maximum atomic E-state index is 5.89. The first-order valence-electron chi connectivity index (χ1n) is 6.74. The zero-order valence-corrected chi connectivity index (χ0v) is 11.0. The lowest BCUT2D eigenvalue weighted by Crippen LogP contribution is -2.27. The number of benzene rings is 1. The fourth-order valence-electron chi connectivity index (χ4n) is 2.39. The van der Waals surface area contributed by atoms with E-state index in [0.717, 1.165) is 18.9 Å². The molecule has 0 saturated heterocycles. The largest absolute Gasteiger partial charge is 0.492 e. The maximum Gasteiger partial charge on any atom is 0.122 e. The highest BCUT2D eigenvalue weighted by molar-refractivity contribution is 5.41. The molecule has 0 fully saturated rings. The summed E-state index contributed by atoms with van der Waals surface area (Å²) >= 11 is 0. The van der Waals surface area contributed by atoms with Gasteiger partial charge in [-0.2, -0.15) is 0 Å². The summed E-state index contributed by atoms with van der Waals surface area (Å²) in [5.74, 6) is 1.10. The van der Waals surface area contributed by atoms with E-state index in [-0.39, 0.29) is 0 Å². The Balaban J connectivity index is 1.92. The van der Waals surface area contributed by atoms with E-state index in [0.29, 0.717) is 6.04 Å². The second-order valence-corrected chi connectivity index (χ2v) is 5.06. The molecular formula is C15H23NO. The summed E-state index contributed by atoms with van der Waals surface area (Å²) in [5.41, 5.74) is 2.94. The summed E-state index contributed by atoms with van der Waals surface area (Å²) in [5, 5.41) is 3.37. The monoisotopic (exact) mass is 233 g/mol. The number of rotatable bonds is 5. The highest BCUT2D eigenvalue weighted by atomic mass is 16.5. The van der Waals surface area contributed by atoms with Crippen molar-refractivity contribution in [1.82, 2.24) is 5.32 Å². The van der Waals surface area contributed by atoms with Gasteiger partial charge in [0.1, 0.15) is 12.4 Å². The van der Waals surface area contributed by atoms with Crippen molar-refractivity contribution >= 4 is 0 Å². The van der Waals surface area contributed by atoms with Crippen molar-refractivity contribution in [3.63, 3.8) is 0 Å². The van der Waals surface area contributed by atoms with Crippen molar-refractivity contribution < 1.29 is 4.74 Å². The van der Waals surface area contributed by atoms with Crippen LogP contribution in [0.25, 0.3) is 0 Å². The molecule has 17 heavy (non-hydrogen) atoms. The van der Waals surface area contributed by atoms with Crippen molar-refractivity contribution in [1.29, 1.82) is 0 Å². The number of hydrogen-bond acceptors (Lipinski definition) is 2. The van der Waals surface area contributed by atoms with E-state index in [1.165, 1.54) is 36.8 Å². The summed E-state index contributed by atoms with van der Waals surface area (Å²) in [6.07, 6.45) is 5.03. The SMILES string of the molecule is CC(C)NCCOc1cccc2c1CCCC2. The Bertz CT molecular complexity index is 360. The lowest BCUT2D eigenvalue weighted by atomic mass is 9.91. The Morgan fingerprint density at radius 3 is 2.88 bits per heavy atom. The molecule has 1 aromatic carbocycles. The van der Waals surface area contributed by atoms with Gasteiger partial charge in [0.25, 0.3) is 0 Å². The molecule has 0 atom stereocenters. The summed E-state index contributed by atoms with van der Waals surface area (Å²) in [7, 11) is 0. The first-order valence-corrected chi connectivity index (χ1v) is 6.74. The second-order valence-electron chi connectivity index (χ2n) is 5.06. The van der Waals surface area contributed by atoms with Gasteiger partial charge in [-0.1, -0.05) is 26.0 Å². The first-order chi connectivity index (χ1) is 8.27. The number of nitrogens with one attached hydrogen (secondary N) is 1. The molecule has 1 aliphatic carbocycles. The van der Waals surface area contributed by atoms with Gasteiger partial charge >= 0.3 is 0 Å². The minimum absolute atomic E-state index is 0.531. The minimum atomic E-state index is 0.531. The van der Waals surface area contributed by atoms with Gasteiger partial charge in [0, 0.05) is 12.6 Å². The van der Waals surface area contributed by atoms with E-state index in [1.54, 1.807) is 0 Å². The van der Waals surface area contributed by atoms with Crippen LogP contribution in [0.3, 0.4) is 0 Å². The quantitative estimate of drug-likeness (QED) is 0.790. The molecule has 1 aliphatic rings. The highest BCUT2D eigenvalue weighted by Gasteiger charge is 2.13. The molecule has 0 bridgehead atoms. The summed E-state index contributed by atoms with van der Waals surface area (Å²) in [6, 6.07) is 7.01. The Morgan fingerprint density at radius 2 is 2.06 bits per heavy atom. The average molecular weight is 233 g/mol. The van der Waals surface area contributed by atoms with Crippen LogP contribution in [0.15, 0.2) is 18.2 Å². The molecule has 1 N–H and O–H groups in total. The van der Waals surface area contributed by atoms with E-state index in [4.69, 9.17) is 4.74 Å². The number of aryl methyl sites for hydroxylation is 1. The van der Waals surface area contributed by atoms with Crippen LogP contribution < -0.4 is 10.1 Å². The molecule has 94 valence electrons. The van der Waals surface area contributed by atoms with Gasteiger partial charge in [-0.25, -0.2) is 0 Å². The molecule has 0 unspecified atom stereocenters. The van der Waals surface area contributed by atoms with Gasteiger partial charge in [0.15, 0.2) is 0 Å². The van der Waals surface area contributed by atoms with Gasteiger partial charge in [-0.3, -0.25) is 0 Å². The predicted molar refractivity (Wildman–Crippen MR) is 71.7 cm³/mol. The molecule has 0 spiro atoms.